The lowest BCUT2D eigenvalue weighted by Gasteiger charge is -2.16. The summed E-state index contributed by atoms with van der Waals surface area (Å²) < 4.78 is 39.9. The summed E-state index contributed by atoms with van der Waals surface area (Å²) in [5.41, 5.74) is 0. The largest absolute Gasteiger partial charge is 0.411 e. The third-order valence-corrected chi connectivity index (χ3v) is 2.89. The maximum Gasteiger partial charge on any atom is 0.411 e. The molecule has 0 aromatic carbocycles. The zero-order valence-electron chi connectivity index (χ0n) is 10.2. The molecule has 0 amide bonds. The summed E-state index contributed by atoms with van der Waals surface area (Å²) in [7, 11) is 1.94. The predicted molar refractivity (Wildman–Crippen MR) is 60.0 cm³/mol. The highest BCUT2D eigenvalue weighted by Gasteiger charge is 2.27. The molecule has 6 heteroatoms. The number of nitrogens with zero attached hydrogens (tertiary/aromatic N) is 1. The van der Waals surface area contributed by atoms with Crippen LogP contribution in [0.25, 0.3) is 0 Å². The molecule has 1 N–H and O–H groups in total. The molecule has 1 aliphatic heterocycles. The van der Waals surface area contributed by atoms with Gasteiger partial charge in [-0.15, -0.1) is 0 Å². The van der Waals surface area contributed by atoms with Crippen LogP contribution in [0, 0.1) is 5.92 Å². The lowest BCUT2D eigenvalue weighted by molar-refractivity contribution is -0.174. The van der Waals surface area contributed by atoms with E-state index in [1.807, 2.05) is 7.05 Å². The fraction of sp³-hybridized carbons (Fsp3) is 1.00. The first-order valence-electron chi connectivity index (χ1n) is 6.02. The molecule has 1 unspecified atom stereocenters. The number of nitrogens with one attached hydrogen (secondary N) is 1. The van der Waals surface area contributed by atoms with Crippen LogP contribution in [0.5, 0.6) is 0 Å². The number of hydrogen-bond donors (Lipinski definition) is 1. The summed E-state index contributed by atoms with van der Waals surface area (Å²) >= 11 is 0. The van der Waals surface area contributed by atoms with Crippen LogP contribution in [0.3, 0.4) is 0 Å². The number of rotatable bonds is 7. The molecule has 1 rings (SSSR count). The van der Waals surface area contributed by atoms with E-state index in [1.54, 1.807) is 0 Å². The van der Waals surface area contributed by atoms with Gasteiger partial charge < -0.3 is 15.0 Å². The van der Waals surface area contributed by atoms with Crippen LogP contribution in [0.4, 0.5) is 13.2 Å². The molecular weight excluding hydrogens is 233 g/mol. The van der Waals surface area contributed by atoms with Crippen LogP contribution < -0.4 is 5.32 Å². The Labute approximate surface area is 100 Å². The monoisotopic (exact) mass is 254 g/mol. The number of hydrogen-bond acceptors (Lipinski definition) is 3. The summed E-state index contributed by atoms with van der Waals surface area (Å²) in [6, 6.07) is 0. The van der Waals surface area contributed by atoms with E-state index in [0.717, 1.165) is 26.2 Å². The molecule has 1 atom stereocenters. The first-order chi connectivity index (χ1) is 8.01. The van der Waals surface area contributed by atoms with Gasteiger partial charge in [0.05, 0.1) is 0 Å². The summed E-state index contributed by atoms with van der Waals surface area (Å²) in [6.07, 6.45) is -2.36. The van der Waals surface area contributed by atoms with Crippen molar-refractivity contribution in [3.05, 3.63) is 0 Å². The molecule has 0 radical (unpaired) electrons. The molecule has 17 heavy (non-hydrogen) atoms. The van der Waals surface area contributed by atoms with Gasteiger partial charge in [-0.1, -0.05) is 0 Å². The molecular formula is C11H21F3N2O. The van der Waals surface area contributed by atoms with E-state index in [0.29, 0.717) is 12.3 Å². The van der Waals surface area contributed by atoms with Crippen molar-refractivity contribution in [2.24, 2.45) is 5.92 Å². The molecule has 0 saturated carbocycles. The van der Waals surface area contributed by atoms with Crippen molar-refractivity contribution in [2.75, 3.05) is 46.4 Å². The predicted octanol–water partition coefficient (Wildman–Crippen LogP) is 1.50. The van der Waals surface area contributed by atoms with E-state index < -0.39 is 12.8 Å². The van der Waals surface area contributed by atoms with E-state index in [4.69, 9.17) is 0 Å². The number of halogens is 3. The standard InChI is InChI=1S/C11H21F3N2O/c1-15-7-10-3-5-16(8-10)4-2-6-17-9-11(12,13)14/h10,15H,2-9H2,1H3. The summed E-state index contributed by atoms with van der Waals surface area (Å²) in [5, 5.41) is 3.15. The fourth-order valence-electron chi connectivity index (χ4n) is 2.15. The topological polar surface area (TPSA) is 24.5 Å². The van der Waals surface area contributed by atoms with Gasteiger partial charge in [-0.3, -0.25) is 0 Å². The van der Waals surface area contributed by atoms with Gasteiger partial charge in [-0.25, -0.2) is 0 Å². The van der Waals surface area contributed by atoms with Crippen LogP contribution in [0.15, 0.2) is 0 Å². The lowest BCUT2D eigenvalue weighted by atomic mass is 10.1. The van der Waals surface area contributed by atoms with Crippen molar-refractivity contribution >= 4 is 0 Å². The minimum Gasteiger partial charge on any atom is -0.372 e. The Kier molecular flexibility index (Phi) is 6.22. The smallest absolute Gasteiger partial charge is 0.372 e. The maximum atomic E-state index is 11.8. The Balaban J connectivity index is 1.97. The zero-order chi connectivity index (χ0) is 12.7. The van der Waals surface area contributed by atoms with Gasteiger partial charge >= 0.3 is 6.18 Å². The number of ether oxygens (including phenoxy) is 1. The van der Waals surface area contributed by atoms with Gasteiger partial charge in [0, 0.05) is 19.7 Å². The van der Waals surface area contributed by atoms with Crippen molar-refractivity contribution in [3.8, 4) is 0 Å². The quantitative estimate of drug-likeness (QED) is 0.697. The molecule has 0 aromatic heterocycles. The van der Waals surface area contributed by atoms with Crippen LogP contribution >= 0.6 is 0 Å². The Morgan fingerprint density at radius 2 is 2.18 bits per heavy atom. The molecule has 3 nitrogen and oxygen atoms in total. The molecule has 0 spiro atoms. The van der Waals surface area contributed by atoms with Crippen LogP contribution in [0.1, 0.15) is 12.8 Å². The van der Waals surface area contributed by atoms with E-state index in [9.17, 15) is 13.2 Å². The van der Waals surface area contributed by atoms with Gasteiger partial charge in [0.25, 0.3) is 0 Å². The normalized spacial score (nSPS) is 22.2. The molecule has 0 aliphatic carbocycles. The average Bonchev–Trinajstić information content (AvgIpc) is 2.64. The Bertz CT molecular complexity index is 211. The Morgan fingerprint density at radius 3 is 2.82 bits per heavy atom. The molecule has 1 fully saturated rings. The van der Waals surface area contributed by atoms with Gasteiger partial charge in [-0.2, -0.15) is 13.2 Å². The van der Waals surface area contributed by atoms with Gasteiger partial charge in [-0.05, 0) is 38.9 Å². The SMILES string of the molecule is CNCC1CCN(CCCOCC(F)(F)F)C1. The second kappa shape index (κ2) is 7.18. The Hall–Kier alpha value is -0.330. The van der Waals surface area contributed by atoms with Crippen molar-refractivity contribution < 1.29 is 17.9 Å². The van der Waals surface area contributed by atoms with Crippen molar-refractivity contribution in [1.29, 1.82) is 0 Å². The Morgan fingerprint density at radius 1 is 1.41 bits per heavy atom. The average molecular weight is 254 g/mol. The summed E-state index contributed by atoms with van der Waals surface area (Å²) in [4.78, 5) is 2.29. The van der Waals surface area contributed by atoms with Crippen molar-refractivity contribution in [2.45, 2.75) is 19.0 Å². The van der Waals surface area contributed by atoms with Gasteiger partial charge in [0.1, 0.15) is 6.61 Å². The first kappa shape index (κ1) is 14.7. The highest BCUT2D eigenvalue weighted by atomic mass is 19.4. The first-order valence-corrected chi connectivity index (χ1v) is 6.02. The summed E-state index contributed by atoms with van der Waals surface area (Å²) in [5.74, 6) is 0.677. The van der Waals surface area contributed by atoms with E-state index in [1.165, 1.54) is 6.42 Å². The maximum absolute atomic E-state index is 11.8. The molecule has 1 aliphatic rings. The van der Waals surface area contributed by atoms with Crippen molar-refractivity contribution in [1.82, 2.24) is 10.2 Å². The second-order valence-electron chi connectivity index (χ2n) is 4.53. The van der Waals surface area contributed by atoms with E-state index in [2.05, 4.69) is 15.0 Å². The molecule has 102 valence electrons. The summed E-state index contributed by atoms with van der Waals surface area (Å²) in [6.45, 7) is 2.99. The highest BCUT2D eigenvalue weighted by molar-refractivity contribution is 4.76. The van der Waals surface area contributed by atoms with Crippen LogP contribution in [0.2, 0.25) is 0 Å². The molecule has 0 aromatic rings. The molecule has 0 bridgehead atoms. The zero-order valence-corrected chi connectivity index (χ0v) is 10.2. The molecule has 1 saturated heterocycles. The molecule has 1 heterocycles. The van der Waals surface area contributed by atoms with Crippen LogP contribution in [-0.4, -0.2) is 57.5 Å². The number of likely N-dealkylation sites (tertiary alicyclic amines) is 1. The fourth-order valence-corrected chi connectivity index (χ4v) is 2.15. The van der Waals surface area contributed by atoms with E-state index >= 15 is 0 Å². The van der Waals surface area contributed by atoms with Crippen LogP contribution in [-0.2, 0) is 4.74 Å². The minimum absolute atomic E-state index is 0.187. The lowest BCUT2D eigenvalue weighted by Crippen LogP contribution is -2.26. The highest BCUT2D eigenvalue weighted by Crippen LogP contribution is 2.16. The van der Waals surface area contributed by atoms with Gasteiger partial charge in [0.2, 0.25) is 0 Å². The van der Waals surface area contributed by atoms with Crippen molar-refractivity contribution in [3.63, 3.8) is 0 Å². The third-order valence-electron chi connectivity index (χ3n) is 2.89. The number of alkyl halides is 3. The third kappa shape index (κ3) is 6.85. The minimum atomic E-state index is -4.20. The second-order valence-corrected chi connectivity index (χ2v) is 4.53. The van der Waals surface area contributed by atoms with E-state index in [-0.39, 0.29) is 6.61 Å². The van der Waals surface area contributed by atoms with Gasteiger partial charge in [0.15, 0.2) is 0 Å².